The maximum Gasteiger partial charge on any atom is 0.407 e. The lowest BCUT2D eigenvalue weighted by atomic mass is 9.83. The first kappa shape index (κ1) is 15.2. The van der Waals surface area contributed by atoms with Gasteiger partial charge in [0.05, 0.1) is 6.10 Å². The van der Waals surface area contributed by atoms with Gasteiger partial charge in [0.2, 0.25) is 0 Å². The number of nitrogens with one attached hydrogen (secondary N) is 1. The lowest BCUT2D eigenvalue weighted by molar-refractivity contribution is 0.00762. The maximum atomic E-state index is 11.6. The molecule has 0 aromatic rings. The monoisotopic (exact) mass is 258 g/mol. The number of hydrogen-bond donors (Lipinski definition) is 2. The highest BCUT2D eigenvalue weighted by molar-refractivity contribution is 5.68. The smallest absolute Gasteiger partial charge is 0.407 e. The first-order valence-electron chi connectivity index (χ1n) is 6.67. The van der Waals surface area contributed by atoms with Crippen molar-refractivity contribution in [3.05, 3.63) is 0 Å². The molecule has 0 radical (unpaired) electrons. The normalized spacial score (nSPS) is 26.5. The molecule has 1 aliphatic rings. The van der Waals surface area contributed by atoms with Crippen LogP contribution in [-0.2, 0) is 9.57 Å². The van der Waals surface area contributed by atoms with Crippen LogP contribution in [-0.4, -0.2) is 23.8 Å². The van der Waals surface area contributed by atoms with Crippen molar-refractivity contribution >= 4 is 6.09 Å². The quantitative estimate of drug-likeness (QED) is 0.762. The summed E-state index contributed by atoms with van der Waals surface area (Å²) in [5.74, 6) is 5.69. The van der Waals surface area contributed by atoms with Crippen molar-refractivity contribution in [3.8, 4) is 0 Å². The highest BCUT2D eigenvalue weighted by Gasteiger charge is 2.27. The molecule has 0 bridgehead atoms. The van der Waals surface area contributed by atoms with Crippen molar-refractivity contribution in [2.24, 2.45) is 11.8 Å². The summed E-state index contributed by atoms with van der Waals surface area (Å²) < 4.78 is 5.24. The van der Waals surface area contributed by atoms with Crippen LogP contribution >= 0.6 is 0 Å². The van der Waals surface area contributed by atoms with E-state index in [1.807, 2.05) is 27.7 Å². The van der Waals surface area contributed by atoms with Crippen molar-refractivity contribution in [1.29, 1.82) is 0 Å². The molecule has 18 heavy (non-hydrogen) atoms. The van der Waals surface area contributed by atoms with Crippen molar-refractivity contribution in [2.75, 3.05) is 0 Å². The highest BCUT2D eigenvalue weighted by Crippen LogP contribution is 2.27. The molecule has 0 aliphatic heterocycles. The maximum absolute atomic E-state index is 11.6. The number of ether oxygens (including phenoxy) is 1. The first-order valence-corrected chi connectivity index (χ1v) is 6.67. The van der Waals surface area contributed by atoms with Crippen LogP contribution < -0.4 is 11.2 Å². The second kappa shape index (κ2) is 6.38. The summed E-state index contributed by atoms with van der Waals surface area (Å²) in [6.45, 7) is 7.59. The lowest BCUT2D eigenvalue weighted by Crippen LogP contribution is -2.42. The van der Waals surface area contributed by atoms with E-state index in [2.05, 4.69) is 5.32 Å². The zero-order chi connectivity index (χ0) is 13.8. The number of rotatable bonds is 3. The number of carbonyl (C=O) groups is 1. The molecule has 1 aliphatic carbocycles. The molecule has 0 heterocycles. The minimum Gasteiger partial charge on any atom is -0.444 e. The molecule has 1 unspecified atom stereocenters. The summed E-state index contributed by atoms with van der Waals surface area (Å²) in [4.78, 5) is 16.5. The van der Waals surface area contributed by atoms with E-state index in [0.29, 0.717) is 5.92 Å². The van der Waals surface area contributed by atoms with E-state index in [4.69, 9.17) is 15.5 Å². The second-order valence-corrected chi connectivity index (χ2v) is 6.10. The number of alkyl carbamates (subject to hydrolysis) is 1. The van der Waals surface area contributed by atoms with Gasteiger partial charge in [-0.3, -0.25) is 0 Å². The fourth-order valence-corrected chi connectivity index (χ4v) is 2.32. The van der Waals surface area contributed by atoms with Crippen LogP contribution in [0.2, 0.25) is 0 Å². The third kappa shape index (κ3) is 5.23. The molecule has 0 saturated heterocycles. The van der Waals surface area contributed by atoms with E-state index in [1.165, 1.54) is 0 Å². The fraction of sp³-hybridized carbons (Fsp3) is 0.923. The molecule has 1 amide bonds. The van der Waals surface area contributed by atoms with Gasteiger partial charge in [0.25, 0.3) is 0 Å². The second-order valence-electron chi connectivity index (χ2n) is 6.10. The van der Waals surface area contributed by atoms with Crippen LogP contribution in [0.5, 0.6) is 0 Å². The van der Waals surface area contributed by atoms with Crippen LogP contribution in [0.15, 0.2) is 0 Å². The largest absolute Gasteiger partial charge is 0.444 e. The molecule has 5 heteroatoms. The third-order valence-electron chi connectivity index (χ3n) is 3.37. The Bertz CT molecular complexity index is 268. The van der Waals surface area contributed by atoms with Gasteiger partial charge >= 0.3 is 6.09 Å². The van der Waals surface area contributed by atoms with Crippen LogP contribution in [0.25, 0.3) is 0 Å². The standard InChI is InChI=1S/C13H26N2O3/c1-9(18-14)10-5-7-11(8-6-10)15-12(16)17-13(2,3)4/h9-11H,5-8,14H2,1-4H3,(H,15,16). The molecular formula is C13H26N2O3. The van der Waals surface area contributed by atoms with Crippen molar-refractivity contribution in [3.63, 3.8) is 0 Å². The van der Waals surface area contributed by atoms with E-state index in [-0.39, 0.29) is 18.2 Å². The lowest BCUT2D eigenvalue weighted by Gasteiger charge is -2.32. The Morgan fingerprint density at radius 3 is 2.28 bits per heavy atom. The first-order chi connectivity index (χ1) is 8.31. The number of hydrogen-bond acceptors (Lipinski definition) is 4. The molecule has 0 aromatic carbocycles. The number of nitrogens with two attached hydrogens (primary N) is 1. The minimum atomic E-state index is -0.441. The molecule has 0 aromatic heterocycles. The molecule has 1 fully saturated rings. The van der Waals surface area contributed by atoms with Crippen LogP contribution in [0.4, 0.5) is 4.79 Å². The van der Waals surface area contributed by atoms with Gasteiger partial charge in [0, 0.05) is 6.04 Å². The van der Waals surface area contributed by atoms with E-state index in [1.54, 1.807) is 0 Å². The van der Waals surface area contributed by atoms with Gasteiger partial charge < -0.3 is 14.9 Å². The molecule has 106 valence electrons. The van der Waals surface area contributed by atoms with E-state index < -0.39 is 5.60 Å². The summed E-state index contributed by atoms with van der Waals surface area (Å²) in [5.41, 5.74) is -0.441. The summed E-state index contributed by atoms with van der Waals surface area (Å²) >= 11 is 0. The Hall–Kier alpha value is -0.810. The number of carbonyl (C=O) groups excluding carboxylic acids is 1. The van der Waals surface area contributed by atoms with Crippen molar-refractivity contribution in [1.82, 2.24) is 5.32 Å². The third-order valence-corrected chi connectivity index (χ3v) is 3.37. The van der Waals surface area contributed by atoms with Crippen molar-refractivity contribution < 1.29 is 14.4 Å². The summed E-state index contributed by atoms with van der Waals surface area (Å²) in [6.07, 6.45) is 3.73. The summed E-state index contributed by atoms with van der Waals surface area (Å²) in [5, 5.41) is 2.92. The summed E-state index contributed by atoms with van der Waals surface area (Å²) in [6, 6.07) is 0.209. The molecule has 1 atom stereocenters. The zero-order valence-electron chi connectivity index (χ0n) is 11.9. The van der Waals surface area contributed by atoms with E-state index >= 15 is 0 Å². The molecule has 0 spiro atoms. The van der Waals surface area contributed by atoms with Gasteiger partial charge in [-0.1, -0.05) is 0 Å². The predicted octanol–water partition coefficient (Wildman–Crippen LogP) is 2.35. The topological polar surface area (TPSA) is 73.6 Å². The summed E-state index contributed by atoms with van der Waals surface area (Å²) in [7, 11) is 0. The molecule has 1 rings (SSSR count). The van der Waals surface area contributed by atoms with Crippen LogP contribution in [0.1, 0.15) is 53.4 Å². The molecular weight excluding hydrogens is 232 g/mol. The molecule has 3 N–H and O–H groups in total. The van der Waals surface area contributed by atoms with Gasteiger partial charge in [-0.2, -0.15) is 0 Å². The SMILES string of the molecule is CC(ON)C1CCC(NC(=O)OC(C)(C)C)CC1. The number of amides is 1. The average Bonchev–Trinajstić information content (AvgIpc) is 2.26. The van der Waals surface area contributed by atoms with Crippen LogP contribution in [0, 0.1) is 5.92 Å². The molecule has 1 saturated carbocycles. The van der Waals surface area contributed by atoms with Gasteiger partial charge in [-0.25, -0.2) is 10.7 Å². The average molecular weight is 258 g/mol. The van der Waals surface area contributed by atoms with Gasteiger partial charge in [-0.15, -0.1) is 0 Å². The predicted molar refractivity (Wildman–Crippen MR) is 69.9 cm³/mol. The Morgan fingerprint density at radius 1 is 1.28 bits per heavy atom. The Labute approximate surface area is 109 Å². The van der Waals surface area contributed by atoms with Gasteiger partial charge in [-0.05, 0) is 59.3 Å². The zero-order valence-corrected chi connectivity index (χ0v) is 11.9. The van der Waals surface area contributed by atoms with Crippen molar-refractivity contribution in [2.45, 2.75) is 71.1 Å². The fourth-order valence-electron chi connectivity index (χ4n) is 2.32. The van der Waals surface area contributed by atoms with Gasteiger partial charge in [0.15, 0.2) is 0 Å². The van der Waals surface area contributed by atoms with E-state index in [9.17, 15) is 4.79 Å². The van der Waals surface area contributed by atoms with Crippen LogP contribution in [0.3, 0.4) is 0 Å². The highest BCUT2D eigenvalue weighted by atomic mass is 16.6. The van der Waals surface area contributed by atoms with E-state index in [0.717, 1.165) is 25.7 Å². The van der Waals surface area contributed by atoms with Gasteiger partial charge in [0.1, 0.15) is 5.60 Å². The Morgan fingerprint density at radius 2 is 1.83 bits per heavy atom. The Balaban J connectivity index is 2.29. The minimum absolute atomic E-state index is 0.0903. The molecule has 5 nitrogen and oxygen atoms in total. The Kier molecular flexibility index (Phi) is 5.41.